The molecule has 194 valence electrons. The van der Waals surface area contributed by atoms with Crippen LogP contribution in [0, 0.1) is 5.92 Å². The number of anilines is 1. The van der Waals surface area contributed by atoms with Crippen LogP contribution >= 0.6 is 11.3 Å². The molecule has 1 aliphatic carbocycles. The number of fused-ring (bicyclic) bond motifs is 5. The standard InChI is InChI=1S/C28H31N3O5S/c1-16(2)24-22-9-7-13-30(22)25-20(18-8-5-6-10-23(18)37-25)15-31(24)28(34)29-21-14-17(26(32)35-3)11-12-19(21)27(33)36-4/h7,9,11-14,16,24H,5-6,8,10,15H2,1-4H3,(H,29,34)/t24-/m1/s1. The Labute approximate surface area is 220 Å². The molecule has 2 aromatic heterocycles. The van der Waals surface area contributed by atoms with E-state index in [4.69, 9.17) is 9.47 Å². The number of rotatable bonds is 4. The Morgan fingerprint density at radius 2 is 1.78 bits per heavy atom. The van der Waals surface area contributed by atoms with Gasteiger partial charge < -0.3 is 24.3 Å². The van der Waals surface area contributed by atoms with Gasteiger partial charge in [-0.15, -0.1) is 11.3 Å². The number of aryl methyl sites for hydroxylation is 1. The summed E-state index contributed by atoms with van der Waals surface area (Å²) in [5.74, 6) is -1.04. The smallest absolute Gasteiger partial charge is 0.339 e. The lowest BCUT2D eigenvalue weighted by atomic mass is 9.94. The van der Waals surface area contributed by atoms with E-state index in [1.807, 2.05) is 22.3 Å². The van der Waals surface area contributed by atoms with Gasteiger partial charge in [0.05, 0.1) is 43.6 Å². The SMILES string of the molecule is COC(=O)c1ccc(C(=O)OC)c(NC(=O)N2Cc3c(sc4c3CCCC4)-n3cccc3[C@H]2C(C)C)c1. The Hall–Kier alpha value is -3.59. The van der Waals surface area contributed by atoms with Gasteiger partial charge in [-0.1, -0.05) is 13.8 Å². The maximum Gasteiger partial charge on any atom is 0.339 e. The van der Waals surface area contributed by atoms with Gasteiger partial charge >= 0.3 is 18.0 Å². The van der Waals surface area contributed by atoms with Gasteiger partial charge in [0, 0.05) is 22.3 Å². The number of carbonyl (C=O) groups is 3. The fourth-order valence-electron chi connectivity index (χ4n) is 5.49. The summed E-state index contributed by atoms with van der Waals surface area (Å²) in [6.45, 7) is 4.67. The largest absolute Gasteiger partial charge is 0.465 e. The molecule has 1 atom stereocenters. The first kappa shape index (κ1) is 25.1. The number of methoxy groups -OCH3 is 2. The van der Waals surface area contributed by atoms with Crippen LogP contribution in [-0.4, -0.2) is 41.7 Å². The molecular weight excluding hydrogens is 490 g/mol. The molecule has 5 rings (SSSR count). The lowest BCUT2D eigenvalue weighted by Gasteiger charge is -2.33. The molecule has 0 radical (unpaired) electrons. The number of urea groups is 1. The van der Waals surface area contributed by atoms with Crippen LogP contribution < -0.4 is 5.32 Å². The van der Waals surface area contributed by atoms with Crippen molar-refractivity contribution in [1.29, 1.82) is 0 Å². The third kappa shape index (κ3) is 4.41. The van der Waals surface area contributed by atoms with E-state index in [-0.39, 0.29) is 34.8 Å². The molecule has 8 nitrogen and oxygen atoms in total. The number of benzene rings is 1. The number of esters is 2. The summed E-state index contributed by atoms with van der Waals surface area (Å²) in [6.07, 6.45) is 6.52. The van der Waals surface area contributed by atoms with Crippen molar-refractivity contribution < 1.29 is 23.9 Å². The zero-order chi connectivity index (χ0) is 26.3. The molecule has 37 heavy (non-hydrogen) atoms. The average molecular weight is 522 g/mol. The molecule has 1 aromatic carbocycles. The molecule has 0 bridgehead atoms. The Morgan fingerprint density at radius 3 is 2.51 bits per heavy atom. The molecule has 2 aliphatic rings. The maximum atomic E-state index is 14.0. The molecule has 9 heteroatoms. The highest BCUT2D eigenvalue weighted by atomic mass is 32.1. The van der Waals surface area contributed by atoms with E-state index in [9.17, 15) is 14.4 Å². The fourth-order valence-corrected chi connectivity index (χ4v) is 6.89. The van der Waals surface area contributed by atoms with E-state index >= 15 is 0 Å². The number of hydrogen-bond acceptors (Lipinski definition) is 6. The number of aromatic nitrogens is 1. The number of nitrogens with zero attached hydrogens (tertiary/aromatic N) is 2. The van der Waals surface area contributed by atoms with E-state index in [2.05, 4.69) is 36.0 Å². The molecular formula is C28H31N3O5S. The lowest BCUT2D eigenvalue weighted by molar-refractivity contribution is 0.0587. The molecule has 1 N–H and O–H groups in total. The van der Waals surface area contributed by atoms with Crippen LogP contribution in [0.25, 0.3) is 5.00 Å². The summed E-state index contributed by atoms with van der Waals surface area (Å²) in [5.41, 5.74) is 4.22. The van der Waals surface area contributed by atoms with Crippen LogP contribution in [0.15, 0.2) is 36.5 Å². The minimum absolute atomic E-state index is 0.130. The number of thiophene rings is 1. The number of amides is 2. The van der Waals surface area contributed by atoms with Crippen molar-refractivity contribution >= 4 is 35.0 Å². The van der Waals surface area contributed by atoms with Gasteiger partial charge in [-0.2, -0.15) is 0 Å². The van der Waals surface area contributed by atoms with Gasteiger partial charge in [0.1, 0.15) is 5.00 Å². The van der Waals surface area contributed by atoms with Crippen LogP contribution in [-0.2, 0) is 28.9 Å². The number of hydrogen-bond donors (Lipinski definition) is 1. The Morgan fingerprint density at radius 1 is 1.03 bits per heavy atom. The Bertz CT molecular complexity index is 1370. The topological polar surface area (TPSA) is 89.9 Å². The third-order valence-corrected chi connectivity index (χ3v) is 8.54. The molecule has 3 heterocycles. The highest BCUT2D eigenvalue weighted by molar-refractivity contribution is 7.15. The lowest BCUT2D eigenvalue weighted by Crippen LogP contribution is -2.40. The predicted octanol–water partition coefficient (Wildman–Crippen LogP) is 5.74. The van der Waals surface area contributed by atoms with Crippen molar-refractivity contribution in [3.05, 3.63) is 69.4 Å². The van der Waals surface area contributed by atoms with Crippen LogP contribution in [0.1, 0.15) is 75.1 Å². The zero-order valence-corrected chi connectivity index (χ0v) is 22.3. The molecule has 0 spiro atoms. The van der Waals surface area contributed by atoms with Gasteiger partial charge in [0.25, 0.3) is 0 Å². The summed E-state index contributed by atoms with van der Waals surface area (Å²) < 4.78 is 12.0. The fraction of sp³-hybridized carbons (Fsp3) is 0.393. The first-order valence-corrected chi connectivity index (χ1v) is 13.3. The maximum absolute atomic E-state index is 14.0. The third-order valence-electron chi connectivity index (χ3n) is 7.21. The molecule has 1 aliphatic heterocycles. The second kappa shape index (κ2) is 10.0. The van der Waals surface area contributed by atoms with Crippen molar-refractivity contribution in [2.24, 2.45) is 5.92 Å². The van der Waals surface area contributed by atoms with Gasteiger partial charge in [0.2, 0.25) is 0 Å². The van der Waals surface area contributed by atoms with E-state index in [1.165, 1.54) is 59.8 Å². The molecule has 0 fully saturated rings. The van der Waals surface area contributed by atoms with Crippen molar-refractivity contribution in [2.45, 2.75) is 52.1 Å². The summed E-state index contributed by atoms with van der Waals surface area (Å²) >= 11 is 1.84. The first-order valence-electron chi connectivity index (χ1n) is 12.5. The van der Waals surface area contributed by atoms with E-state index < -0.39 is 11.9 Å². The van der Waals surface area contributed by atoms with Crippen LogP contribution in [0.5, 0.6) is 0 Å². The van der Waals surface area contributed by atoms with Crippen molar-refractivity contribution in [1.82, 2.24) is 9.47 Å². The number of carbonyl (C=O) groups excluding carboxylic acids is 3. The zero-order valence-electron chi connectivity index (χ0n) is 21.5. The monoisotopic (exact) mass is 521 g/mol. The molecule has 0 saturated carbocycles. The highest BCUT2D eigenvalue weighted by Crippen LogP contribution is 2.44. The molecule has 3 aromatic rings. The summed E-state index contributed by atoms with van der Waals surface area (Å²) in [7, 11) is 2.56. The van der Waals surface area contributed by atoms with Crippen molar-refractivity contribution in [2.75, 3.05) is 19.5 Å². The number of ether oxygens (including phenoxy) is 2. The van der Waals surface area contributed by atoms with Crippen molar-refractivity contribution in [3.63, 3.8) is 0 Å². The van der Waals surface area contributed by atoms with E-state index in [0.717, 1.165) is 25.0 Å². The summed E-state index contributed by atoms with van der Waals surface area (Å²) in [4.78, 5) is 42.0. The average Bonchev–Trinajstić information content (AvgIpc) is 3.49. The van der Waals surface area contributed by atoms with Gasteiger partial charge in [-0.3, -0.25) is 0 Å². The van der Waals surface area contributed by atoms with Crippen LogP contribution in [0.3, 0.4) is 0 Å². The van der Waals surface area contributed by atoms with Crippen LogP contribution in [0.2, 0.25) is 0 Å². The molecule has 0 unspecified atom stereocenters. The van der Waals surface area contributed by atoms with E-state index in [0.29, 0.717) is 6.54 Å². The summed E-state index contributed by atoms with van der Waals surface area (Å²) in [5, 5.41) is 4.12. The Balaban J connectivity index is 1.58. The normalized spacial score (nSPS) is 16.4. The van der Waals surface area contributed by atoms with Gasteiger partial charge in [-0.25, -0.2) is 14.4 Å². The number of nitrogens with one attached hydrogen (secondary N) is 1. The van der Waals surface area contributed by atoms with Gasteiger partial charge in [0.15, 0.2) is 0 Å². The van der Waals surface area contributed by atoms with E-state index in [1.54, 1.807) is 0 Å². The molecule has 2 amide bonds. The highest BCUT2D eigenvalue weighted by Gasteiger charge is 2.37. The second-order valence-corrected chi connectivity index (χ2v) is 10.9. The predicted molar refractivity (Wildman–Crippen MR) is 142 cm³/mol. The van der Waals surface area contributed by atoms with Gasteiger partial charge in [-0.05, 0) is 67.5 Å². The first-order chi connectivity index (χ1) is 17.8. The minimum Gasteiger partial charge on any atom is -0.465 e. The minimum atomic E-state index is -0.606. The summed E-state index contributed by atoms with van der Waals surface area (Å²) in [6, 6.07) is 7.97. The van der Waals surface area contributed by atoms with Crippen molar-refractivity contribution in [3.8, 4) is 5.00 Å². The molecule has 0 saturated heterocycles. The van der Waals surface area contributed by atoms with Crippen LogP contribution in [0.4, 0.5) is 10.5 Å². The quantitative estimate of drug-likeness (QED) is 0.443. The second-order valence-electron chi connectivity index (χ2n) is 9.79. The Kier molecular flexibility index (Phi) is 6.81.